The summed E-state index contributed by atoms with van der Waals surface area (Å²) in [6, 6.07) is 0.953. The molecule has 0 aromatic carbocycles. The number of aromatic nitrogens is 4. The van der Waals surface area contributed by atoms with Crippen LogP contribution in [0.4, 0.5) is 5.13 Å². The Labute approximate surface area is 115 Å². The standard InChI is InChI=1S/C9H9N5O3S2/c1-4-13-14-9(19-4)12-7(17)3-18-8-10-5(15)2-6(16)11-8/h2H,3H2,1H3,(H,12,14,17)(H2,10,11,15,16). The molecule has 0 aliphatic rings. The molecule has 0 radical (unpaired) electrons. The third-order valence-electron chi connectivity index (χ3n) is 1.82. The Morgan fingerprint density at radius 3 is 3.00 bits per heavy atom. The second kappa shape index (κ2) is 5.80. The first-order valence-corrected chi connectivity index (χ1v) is 6.86. The number of rotatable bonds is 4. The highest BCUT2D eigenvalue weighted by Gasteiger charge is 2.08. The highest BCUT2D eigenvalue weighted by molar-refractivity contribution is 7.99. The van der Waals surface area contributed by atoms with E-state index in [1.165, 1.54) is 11.3 Å². The first-order chi connectivity index (χ1) is 9.02. The molecule has 2 heterocycles. The van der Waals surface area contributed by atoms with Crippen LogP contribution in [0.1, 0.15) is 5.01 Å². The summed E-state index contributed by atoms with van der Waals surface area (Å²) < 4.78 is 0. The number of carbonyl (C=O) groups is 1. The van der Waals surface area contributed by atoms with Crippen LogP contribution in [0, 0.1) is 6.92 Å². The van der Waals surface area contributed by atoms with Crippen LogP contribution in [0.2, 0.25) is 0 Å². The molecule has 0 saturated carbocycles. The number of thioether (sulfide) groups is 1. The Hall–Kier alpha value is -1.94. The maximum absolute atomic E-state index is 11.6. The smallest absolute Gasteiger partial charge is 0.255 e. The van der Waals surface area contributed by atoms with Crippen molar-refractivity contribution in [3.63, 3.8) is 0 Å². The average molecular weight is 299 g/mol. The molecule has 0 spiro atoms. The van der Waals surface area contributed by atoms with Gasteiger partial charge in [-0.2, -0.15) is 4.98 Å². The molecule has 0 atom stereocenters. The molecule has 2 rings (SSSR count). The monoisotopic (exact) mass is 299 g/mol. The molecule has 0 bridgehead atoms. The Morgan fingerprint density at radius 2 is 2.37 bits per heavy atom. The van der Waals surface area contributed by atoms with Gasteiger partial charge in [0, 0.05) is 0 Å². The zero-order valence-corrected chi connectivity index (χ0v) is 11.3. The van der Waals surface area contributed by atoms with Gasteiger partial charge in [0.15, 0.2) is 5.16 Å². The van der Waals surface area contributed by atoms with E-state index in [0.29, 0.717) is 5.13 Å². The number of hydrogen-bond donors (Lipinski definition) is 3. The zero-order chi connectivity index (χ0) is 13.8. The number of nitrogens with zero attached hydrogens (tertiary/aromatic N) is 3. The summed E-state index contributed by atoms with van der Waals surface area (Å²) in [5.41, 5.74) is -0.477. The molecule has 2 aromatic rings. The predicted octanol–water partition coefficient (Wildman–Crippen LogP) is 0.366. The first kappa shape index (κ1) is 13.5. The van der Waals surface area contributed by atoms with Crippen LogP contribution in [0.3, 0.4) is 0 Å². The SMILES string of the molecule is Cc1nnc(NC(=O)CSc2nc(O)cc(=O)[nH]2)s1. The van der Waals surface area contributed by atoms with Gasteiger partial charge in [-0.15, -0.1) is 10.2 Å². The van der Waals surface area contributed by atoms with Crippen molar-refractivity contribution in [2.45, 2.75) is 12.1 Å². The Bertz CT molecular complexity index is 653. The summed E-state index contributed by atoms with van der Waals surface area (Å²) >= 11 is 2.27. The number of nitrogens with one attached hydrogen (secondary N) is 2. The van der Waals surface area contributed by atoms with Gasteiger partial charge >= 0.3 is 0 Å². The molecular weight excluding hydrogens is 290 g/mol. The number of aromatic hydroxyl groups is 1. The third-order valence-corrected chi connectivity index (χ3v) is 3.45. The minimum Gasteiger partial charge on any atom is -0.493 e. The lowest BCUT2D eigenvalue weighted by molar-refractivity contribution is -0.113. The molecular formula is C9H9N5O3S2. The molecule has 0 unspecified atom stereocenters. The quantitative estimate of drug-likeness (QED) is 0.550. The number of aryl methyl sites for hydroxylation is 1. The summed E-state index contributed by atoms with van der Waals surface area (Å²) in [5, 5.41) is 20.6. The summed E-state index contributed by atoms with van der Waals surface area (Å²) in [6.07, 6.45) is 0. The molecule has 1 amide bonds. The van der Waals surface area contributed by atoms with E-state index in [9.17, 15) is 9.59 Å². The van der Waals surface area contributed by atoms with E-state index in [0.717, 1.165) is 22.8 Å². The van der Waals surface area contributed by atoms with Crippen LogP contribution < -0.4 is 10.9 Å². The van der Waals surface area contributed by atoms with Crippen LogP contribution in [-0.2, 0) is 4.79 Å². The van der Waals surface area contributed by atoms with E-state index in [-0.39, 0.29) is 22.7 Å². The number of amides is 1. The Balaban J connectivity index is 1.91. The van der Waals surface area contributed by atoms with E-state index < -0.39 is 5.56 Å². The summed E-state index contributed by atoms with van der Waals surface area (Å²) in [5.74, 6) is -0.649. The number of hydrogen-bond acceptors (Lipinski definition) is 8. The van der Waals surface area contributed by atoms with Crippen molar-refractivity contribution in [2.75, 3.05) is 11.1 Å². The van der Waals surface area contributed by atoms with Crippen LogP contribution in [0.5, 0.6) is 5.88 Å². The summed E-state index contributed by atoms with van der Waals surface area (Å²) in [4.78, 5) is 28.7. The number of H-pyrrole nitrogens is 1. The van der Waals surface area contributed by atoms with Crippen molar-refractivity contribution >= 4 is 34.1 Å². The molecule has 8 nitrogen and oxygen atoms in total. The number of anilines is 1. The van der Waals surface area contributed by atoms with Crippen molar-refractivity contribution in [1.82, 2.24) is 20.2 Å². The predicted molar refractivity (Wildman–Crippen MR) is 70.5 cm³/mol. The fraction of sp³-hybridized carbons (Fsp3) is 0.222. The normalized spacial score (nSPS) is 10.4. The summed E-state index contributed by atoms with van der Waals surface area (Å²) in [6.45, 7) is 1.78. The minimum atomic E-state index is -0.477. The van der Waals surface area contributed by atoms with Gasteiger partial charge in [-0.3, -0.25) is 14.9 Å². The van der Waals surface area contributed by atoms with Crippen molar-refractivity contribution < 1.29 is 9.90 Å². The van der Waals surface area contributed by atoms with Gasteiger partial charge in [0.25, 0.3) is 5.56 Å². The highest BCUT2D eigenvalue weighted by Crippen LogP contribution is 2.16. The molecule has 3 N–H and O–H groups in total. The van der Waals surface area contributed by atoms with Gasteiger partial charge < -0.3 is 10.1 Å². The van der Waals surface area contributed by atoms with E-state index in [1.54, 1.807) is 6.92 Å². The van der Waals surface area contributed by atoms with E-state index in [4.69, 9.17) is 5.11 Å². The van der Waals surface area contributed by atoms with Gasteiger partial charge in [-0.25, -0.2) is 0 Å². The average Bonchev–Trinajstić information content (AvgIpc) is 2.71. The first-order valence-electron chi connectivity index (χ1n) is 5.06. The minimum absolute atomic E-state index is 0.0328. The second-order valence-electron chi connectivity index (χ2n) is 3.37. The lowest BCUT2D eigenvalue weighted by atomic mass is 10.6. The van der Waals surface area contributed by atoms with Crippen molar-refractivity contribution in [3.05, 3.63) is 21.4 Å². The lowest BCUT2D eigenvalue weighted by Gasteiger charge is -2.01. The molecule has 0 fully saturated rings. The van der Waals surface area contributed by atoms with Gasteiger partial charge in [-0.05, 0) is 6.92 Å². The van der Waals surface area contributed by atoms with Crippen LogP contribution >= 0.6 is 23.1 Å². The second-order valence-corrected chi connectivity index (χ2v) is 5.52. The topological polar surface area (TPSA) is 121 Å². The molecule has 0 aliphatic carbocycles. The maximum atomic E-state index is 11.6. The Morgan fingerprint density at radius 1 is 1.58 bits per heavy atom. The molecule has 2 aromatic heterocycles. The van der Waals surface area contributed by atoms with E-state index in [2.05, 4.69) is 25.5 Å². The fourth-order valence-electron chi connectivity index (χ4n) is 1.13. The highest BCUT2D eigenvalue weighted by atomic mass is 32.2. The lowest BCUT2D eigenvalue weighted by Crippen LogP contribution is -2.15. The molecule has 19 heavy (non-hydrogen) atoms. The molecule has 0 saturated heterocycles. The van der Waals surface area contributed by atoms with Crippen LogP contribution in [0.25, 0.3) is 0 Å². The maximum Gasteiger partial charge on any atom is 0.255 e. The van der Waals surface area contributed by atoms with Gasteiger partial charge in [0.1, 0.15) is 5.01 Å². The fourth-order valence-corrected chi connectivity index (χ4v) is 2.41. The van der Waals surface area contributed by atoms with Gasteiger partial charge in [0.05, 0.1) is 11.8 Å². The zero-order valence-electron chi connectivity index (χ0n) is 9.71. The molecule has 100 valence electrons. The largest absolute Gasteiger partial charge is 0.493 e. The summed E-state index contributed by atoms with van der Waals surface area (Å²) in [7, 11) is 0. The van der Waals surface area contributed by atoms with Crippen molar-refractivity contribution in [2.24, 2.45) is 0 Å². The number of aromatic amines is 1. The van der Waals surface area contributed by atoms with E-state index >= 15 is 0 Å². The molecule has 0 aliphatic heterocycles. The molecule has 10 heteroatoms. The third kappa shape index (κ3) is 4.03. The van der Waals surface area contributed by atoms with Crippen LogP contribution in [-0.4, -0.2) is 36.9 Å². The van der Waals surface area contributed by atoms with Crippen molar-refractivity contribution in [3.8, 4) is 5.88 Å². The van der Waals surface area contributed by atoms with Gasteiger partial charge in [0.2, 0.25) is 16.9 Å². The van der Waals surface area contributed by atoms with Gasteiger partial charge in [-0.1, -0.05) is 23.1 Å². The van der Waals surface area contributed by atoms with E-state index in [1.807, 2.05) is 0 Å². The Kier molecular flexibility index (Phi) is 4.12. The van der Waals surface area contributed by atoms with Crippen molar-refractivity contribution in [1.29, 1.82) is 0 Å². The van der Waals surface area contributed by atoms with Crippen LogP contribution in [0.15, 0.2) is 16.0 Å². The number of carbonyl (C=O) groups excluding carboxylic acids is 1.